The maximum Gasteiger partial charge on any atom is 0.357 e. The van der Waals surface area contributed by atoms with Crippen molar-refractivity contribution >= 4 is 11.8 Å². The molecule has 0 aliphatic carbocycles. The van der Waals surface area contributed by atoms with Gasteiger partial charge in [0.05, 0.1) is 0 Å². The van der Waals surface area contributed by atoms with Crippen LogP contribution in [0.5, 0.6) is 0 Å². The number of hydrogen-bond acceptors (Lipinski definition) is 1. The summed E-state index contributed by atoms with van der Waals surface area (Å²) in [6.45, 7) is 0. The van der Waals surface area contributed by atoms with E-state index >= 15 is 0 Å². The minimum absolute atomic E-state index is 0.351. The fourth-order valence-electron chi connectivity index (χ4n) is 0.749. The predicted octanol–water partition coefficient (Wildman–Crippen LogP) is 3.91. The number of halogens is 6. The first-order valence-electron chi connectivity index (χ1n) is 3.63. The molecule has 0 amide bonds. The second-order valence-corrected chi connectivity index (χ2v) is 3.73. The Morgan fingerprint density at radius 2 is 1.73 bits per heavy atom. The van der Waals surface area contributed by atoms with Gasteiger partial charge in [-0.15, -0.1) is 0 Å². The van der Waals surface area contributed by atoms with Crippen LogP contribution in [0.1, 0.15) is 0 Å². The molecule has 0 spiro atoms. The standard InChI is InChI=1S/C8H4F6S/c9-4-1-2-6(5(10)3-4)15-8(13,14)7(11)12/h1-3,7H. The van der Waals surface area contributed by atoms with E-state index in [2.05, 4.69) is 0 Å². The lowest BCUT2D eigenvalue weighted by Crippen LogP contribution is -2.21. The van der Waals surface area contributed by atoms with Crippen LogP contribution < -0.4 is 0 Å². The molecule has 0 saturated carbocycles. The minimum atomic E-state index is -4.39. The zero-order valence-corrected chi connectivity index (χ0v) is 7.80. The quantitative estimate of drug-likeness (QED) is 0.575. The molecule has 0 nitrogen and oxygen atoms in total. The molecule has 0 radical (unpaired) electrons. The summed E-state index contributed by atoms with van der Waals surface area (Å²) in [4.78, 5) is -0.721. The van der Waals surface area contributed by atoms with Crippen LogP contribution >= 0.6 is 11.8 Å². The van der Waals surface area contributed by atoms with E-state index in [1.807, 2.05) is 0 Å². The highest BCUT2D eigenvalue weighted by Crippen LogP contribution is 2.41. The van der Waals surface area contributed by atoms with Crippen molar-refractivity contribution in [2.24, 2.45) is 0 Å². The zero-order valence-electron chi connectivity index (χ0n) is 6.99. The highest BCUT2D eigenvalue weighted by atomic mass is 32.2. The maximum atomic E-state index is 12.8. The Balaban J connectivity index is 2.90. The molecule has 0 aromatic heterocycles. The molecule has 0 bridgehead atoms. The van der Waals surface area contributed by atoms with Crippen molar-refractivity contribution in [1.29, 1.82) is 0 Å². The summed E-state index contributed by atoms with van der Waals surface area (Å²) in [5.74, 6) is -2.25. The summed E-state index contributed by atoms with van der Waals surface area (Å²) in [6, 6.07) is 1.75. The SMILES string of the molecule is Fc1ccc(SC(F)(F)C(F)F)c(F)c1. The highest BCUT2D eigenvalue weighted by Gasteiger charge is 2.42. The molecule has 1 rings (SSSR count). The van der Waals surface area contributed by atoms with Crippen molar-refractivity contribution in [2.75, 3.05) is 0 Å². The molecule has 1 aromatic rings. The number of alkyl halides is 4. The first kappa shape index (κ1) is 12.2. The van der Waals surface area contributed by atoms with Crippen molar-refractivity contribution < 1.29 is 26.3 Å². The largest absolute Gasteiger partial charge is 0.357 e. The van der Waals surface area contributed by atoms with E-state index in [4.69, 9.17) is 0 Å². The Morgan fingerprint density at radius 1 is 1.13 bits per heavy atom. The van der Waals surface area contributed by atoms with E-state index in [-0.39, 0.29) is 0 Å². The molecule has 1 aromatic carbocycles. The summed E-state index contributed by atoms with van der Waals surface area (Å²) >= 11 is -0.636. The van der Waals surface area contributed by atoms with Gasteiger partial charge >= 0.3 is 11.7 Å². The lowest BCUT2D eigenvalue weighted by molar-refractivity contribution is -0.0564. The second kappa shape index (κ2) is 4.34. The Morgan fingerprint density at radius 3 is 2.20 bits per heavy atom. The molecule has 0 saturated heterocycles. The van der Waals surface area contributed by atoms with E-state index in [0.717, 1.165) is 0 Å². The minimum Gasteiger partial charge on any atom is -0.207 e. The van der Waals surface area contributed by atoms with Crippen molar-refractivity contribution in [2.45, 2.75) is 16.6 Å². The fourth-order valence-corrected chi connectivity index (χ4v) is 1.42. The van der Waals surface area contributed by atoms with Gasteiger partial charge in [-0.3, -0.25) is 0 Å². The van der Waals surface area contributed by atoms with Crippen LogP contribution in [-0.4, -0.2) is 11.7 Å². The van der Waals surface area contributed by atoms with Gasteiger partial charge in [0.2, 0.25) is 0 Å². The van der Waals surface area contributed by atoms with E-state index < -0.39 is 40.0 Å². The van der Waals surface area contributed by atoms with Crippen molar-refractivity contribution in [3.8, 4) is 0 Å². The molecular formula is C8H4F6S. The Labute approximate surface area is 85.3 Å². The third kappa shape index (κ3) is 3.05. The number of thioether (sulfide) groups is 1. The molecule has 15 heavy (non-hydrogen) atoms. The van der Waals surface area contributed by atoms with Gasteiger partial charge in [-0.25, -0.2) is 17.6 Å². The summed E-state index contributed by atoms with van der Waals surface area (Å²) < 4.78 is 73.6. The summed E-state index contributed by atoms with van der Waals surface area (Å²) in [6.07, 6.45) is -3.91. The normalized spacial score (nSPS) is 12.2. The molecule has 0 aliphatic heterocycles. The highest BCUT2D eigenvalue weighted by molar-refractivity contribution is 8.00. The van der Waals surface area contributed by atoms with Crippen molar-refractivity contribution in [3.05, 3.63) is 29.8 Å². The second-order valence-electron chi connectivity index (χ2n) is 2.54. The zero-order chi connectivity index (χ0) is 11.6. The number of rotatable bonds is 3. The number of hydrogen-bond donors (Lipinski definition) is 0. The topological polar surface area (TPSA) is 0 Å². The van der Waals surface area contributed by atoms with E-state index in [0.29, 0.717) is 18.2 Å². The van der Waals surface area contributed by atoms with Crippen molar-refractivity contribution in [3.63, 3.8) is 0 Å². The van der Waals surface area contributed by atoms with Gasteiger partial charge in [0.25, 0.3) is 0 Å². The smallest absolute Gasteiger partial charge is 0.207 e. The van der Waals surface area contributed by atoms with E-state index in [1.165, 1.54) is 0 Å². The summed E-state index contributed by atoms with van der Waals surface area (Å²) in [7, 11) is 0. The van der Waals surface area contributed by atoms with Gasteiger partial charge in [-0.1, -0.05) is 0 Å². The Hall–Kier alpha value is -0.850. The molecular weight excluding hydrogens is 242 g/mol. The molecule has 0 N–H and O–H groups in total. The first-order valence-corrected chi connectivity index (χ1v) is 4.44. The van der Waals surface area contributed by atoms with E-state index in [9.17, 15) is 26.3 Å². The maximum absolute atomic E-state index is 12.8. The van der Waals surface area contributed by atoms with Crippen molar-refractivity contribution in [1.82, 2.24) is 0 Å². The van der Waals surface area contributed by atoms with Crippen LogP contribution in [-0.2, 0) is 0 Å². The van der Waals surface area contributed by atoms with Crippen LogP contribution in [0.15, 0.2) is 23.1 Å². The monoisotopic (exact) mass is 246 g/mol. The third-order valence-electron chi connectivity index (χ3n) is 1.39. The van der Waals surface area contributed by atoms with Crippen LogP contribution in [0.25, 0.3) is 0 Å². The van der Waals surface area contributed by atoms with Crippen LogP contribution in [0.3, 0.4) is 0 Å². The van der Waals surface area contributed by atoms with Crippen LogP contribution in [0.4, 0.5) is 26.3 Å². The van der Waals surface area contributed by atoms with Gasteiger partial charge < -0.3 is 0 Å². The summed E-state index contributed by atoms with van der Waals surface area (Å²) in [5.41, 5.74) is 0. The molecule has 0 unspecified atom stereocenters. The van der Waals surface area contributed by atoms with Crippen LogP contribution in [0.2, 0.25) is 0 Å². The average Bonchev–Trinajstić information content (AvgIpc) is 2.09. The molecule has 7 heteroatoms. The first-order chi connectivity index (χ1) is 6.83. The number of benzene rings is 1. The predicted molar refractivity (Wildman–Crippen MR) is 43.2 cm³/mol. The average molecular weight is 246 g/mol. The fraction of sp³-hybridized carbons (Fsp3) is 0.250. The van der Waals surface area contributed by atoms with Crippen LogP contribution in [0, 0.1) is 11.6 Å². The molecule has 0 heterocycles. The summed E-state index contributed by atoms with van der Waals surface area (Å²) in [5, 5.41) is -4.39. The van der Waals surface area contributed by atoms with Gasteiger partial charge in [0, 0.05) is 11.0 Å². The lowest BCUT2D eigenvalue weighted by Gasteiger charge is -2.14. The molecule has 0 fully saturated rings. The molecule has 0 aliphatic rings. The Kier molecular flexibility index (Phi) is 3.54. The van der Waals surface area contributed by atoms with Gasteiger partial charge in [-0.2, -0.15) is 8.78 Å². The van der Waals surface area contributed by atoms with E-state index in [1.54, 1.807) is 0 Å². The van der Waals surface area contributed by atoms with Gasteiger partial charge in [0.1, 0.15) is 11.6 Å². The van der Waals surface area contributed by atoms with Gasteiger partial charge in [-0.05, 0) is 23.9 Å². The molecule has 84 valence electrons. The lowest BCUT2D eigenvalue weighted by atomic mass is 10.3. The molecule has 0 atom stereocenters. The Bertz CT molecular complexity index is 351. The van der Waals surface area contributed by atoms with Gasteiger partial charge in [0.15, 0.2) is 0 Å². The third-order valence-corrected chi connectivity index (χ3v) is 2.40.